The molecule has 0 saturated heterocycles. The summed E-state index contributed by atoms with van der Waals surface area (Å²) in [6, 6.07) is 6.70. The summed E-state index contributed by atoms with van der Waals surface area (Å²) >= 11 is 11.8. The Bertz CT molecular complexity index is 508. The van der Waals surface area contributed by atoms with E-state index in [4.69, 9.17) is 23.2 Å². The summed E-state index contributed by atoms with van der Waals surface area (Å²) in [5.41, 5.74) is 1.71. The lowest BCUT2D eigenvalue weighted by Crippen LogP contribution is -1.79. The first-order chi connectivity index (χ1) is 7.20. The molecule has 76 valence electrons. The van der Waals surface area contributed by atoms with Gasteiger partial charge >= 0.3 is 0 Å². The summed E-state index contributed by atoms with van der Waals surface area (Å²) in [5.74, 6) is 0. The number of halogens is 2. The molecule has 15 heavy (non-hydrogen) atoms. The highest BCUT2D eigenvalue weighted by atomic mass is 35.5. The van der Waals surface area contributed by atoms with E-state index in [1.54, 1.807) is 24.3 Å². The summed E-state index contributed by atoms with van der Waals surface area (Å²) in [5, 5.41) is 7.66. The Hall–Kier alpha value is -1.32. The predicted molar refractivity (Wildman–Crippen MR) is 59.4 cm³/mol. The van der Waals surface area contributed by atoms with Gasteiger partial charge in [-0.05, 0) is 24.3 Å². The van der Waals surface area contributed by atoms with E-state index in [2.05, 4.69) is 10.2 Å². The van der Waals surface area contributed by atoms with Crippen molar-refractivity contribution in [2.75, 3.05) is 0 Å². The molecule has 0 fully saturated rings. The SMILES string of the molecule is O=Cc1cc(-c2cc(Cl)ccc2Cl)n[nH]1. The van der Waals surface area contributed by atoms with E-state index in [0.29, 0.717) is 33.3 Å². The average Bonchev–Trinajstić information content (AvgIpc) is 2.70. The Morgan fingerprint density at radius 1 is 1.27 bits per heavy atom. The minimum absolute atomic E-state index is 0.404. The van der Waals surface area contributed by atoms with Crippen LogP contribution < -0.4 is 0 Å². The molecule has 0 spiro atoms. The number of rotatable bonds is 2. The number of hydrogen-bond donors (Lipinski definition) is 1. The standard InChI is InChI=1S/C10H6Cl2N2O/c11-6-1-2-9(12)8(3-6)10-4-7(5-15)13-14-10/h1-5H,(H,13,14). The molecule has 3 nitrogen and oxygen atoms in total. The van der Waals surface area contributed by atoms with Gasteiger partial charge in [0.2, 0.25) is 0 Å². The highest BCUT2D eigenvalue weighted by Crippen LogP contribution is 2.29. The first-order valence-electron chi connectivity index (χ1n) is 4.16. The van der Waals surface area contributed by atoms with Crippen LogP contribution in [0.15, 0.2) is 24.3 Å². The quantitative estimate of drug-likeness (QED) is 0.820. The first kappa shape index (κ1) is 10.2. The second-order valence-corrected chi connectivity index (χ2v) is 3.79. The average molecular weight is 241 g/mol. The van der Waals surface area contributed by atoms with Crippen molar-refractivity contribution in [3.8, 4) is 11.3 Å². The van der Waals surface area contributed by atoms with Gasteiger partial charge in [-0.3, -0.25) is 9.89 Å². The van der Waals surface area contributed by atoms with E-state index in [-0.39, 0.29) is 0 Å². The molecule has 0 bridgehead atoms. The molecule has 0 aliphatic heterocycles. The first-order valence-corrected chi connectivity index (χ1v) is 4.92. The number of aldehydes is 1. The van der Waals surface area contributed by atoms with Gasteiger partial charge in [0.15, 0.2) is 6.29 Å². The third kappa shape index (κ3) is 2.03. The fourth-order valence-electron chi connectivity index (χ4n) is 1.23. The van der Waals surface area contributed by atoms with Crippen molar-refractivity contribution in [2.45, 2.75) is 0 Å². The van der Waals surface area contributed by atoms with Gasteiger partial charge in [-0.15, -0.1) is 0 Å². The Kier molecular flexibility index (Phi) is 2.75. The van der Waals surface area contributed by atoms with E-state index < -0.39 is 0 Å². The topological polar surface area (TPSA) is 45.8 Å². The van der Waals surface area contributed by atoms with Crippen LogP contribution in [0.25, 0.3) is 11.3 Å². The molecule has 1 aromatic carbocycles. The number of carbonyl (C=O) groups excluding carboxylic acids is 1. The Balaban J connectivity index is 2.52. The predicted octanol–water partition coefficient (Wildman–Crippen LogP) is 3.20. The van der Waals surface area contributed by atoms with Crippen molar-refractivity contribution in [3.05, 3.63) is 40.0 Å². The highest BCUT2D eigenvalue weighted by molar-refractivity contribution is 6.35. The Morgan fingerprint density at radius 2 is 2.07 bits per heavy atom. The van der Waals surface area contributed by atoms with Crippen LogP contribution in [0.2, 0.25) is 10.0 Å². The zero-order valence-electron chi connectivity index (χ0n) is 7.50. The fourth-order valence-corrected chi connectivity index (χ4v) is 1.62. The molecule has 0 amide bonds. The third-order valence-electron chi connectivity index (χ3n) is 1.93. The molecule has 2 rings (SSSR count). The lowest BCUT2D eigenvalue weighted by atomic mass is 10.1. The number of aromatic nitrogens is 2. The Labute approximate surface area is 96.0 Å². The maximum absolute atomic E-state index is 10.5. The van der Waals surface area contributed by atoms with Crippen molar-refractivity contribution in [1.29, 1.82) is 0 Å². The van der Waals surface area contributed by atoms with E-state index in [0.717, 1.165) is 0 Å². The van der Waals surface area contributed by atoms with Gasteiger partial charge < -0.3 is 0 Å². The molecule has 0 radical (unpaired) electrons. The number of aromatic amines is 1. The maximum atomic E-state index is 10.5. The molecule has 1 N–H and O–H groups in total. The van der Waals surface area contributed by atoms with E-state index in [9.17, 15) is 4.79 Å². The number of nitrogens with one attached hydrogen (secondary N) is 1. The van der Waals surface area contributed by atoms with Gasteiger partial charge in [0.05, 0.1) is 16.4 Å². The van der Waals surface area contributed by atoms with Crippen LogP contribution in [0.4, 0.5) is 0 Å². The molecular weight excluding hydrogens is 235 g/mol. The lowest BCUT2D eigenvalue weighted by Gasteiger charge is -2.00. The van der Waals surface area contributed by atoms with E-state index >= 15 is 0 Å². The molecular formula is C10H6Cl2N2O. The van der Waals surface area contributed by atoms with Crippen molar-refractivity contribution in [3.63, 3.8) is 0 Å². The van der Waals surface area contributed by atoms with Crippen molar-refractivity contribution in [2.24, 2.45) is 0 Å². The minimum Gasteiger partial charge on any atom is -0.296 e. The second-order valence-electron chi connectivity index (χ2n) is 2.95. The monoisotopic (exact) mass is 240 g/mol. The van der Waals surface area contributed by atoms with Crippen LogP contribution in [0.1, 0.15) is 10.5 Å². The van der Waals surface area contributed by atoms with Crippen LogP contribution in [0, 0.1) is 0 Å². The van der Waals surface area contributed by atoms with Gasteiger partial charge in [0.25, 0.3) is 0 Å². The third-order valence-corrected chi connectivity index (χ3v) is 2.49. The van der Waals surface area contributed by atoms with Crippen molar-refractivity contribution >= 4 is 29.5 Å². The van der Waals surface area contributed by atoms with Gasteiger partial charge in [-0.25, -0.2) is 0 Å². The molecule has 0 aliphatic rings. The summed E-state index contributed by atoms with van der Waals surface area (Å²) in [6.45, 7) is 0. The summed E-state index contributed by atoms with van der Waals surface area (Å²) in [7, 11) is 0. The summed E-state index contributed by atoms with van der Waals surface area (Å²) in [6.07, 6.45) is 0.689. The zero-order chi connectivity index (χ0) is 10.8. The molecule has 0 atom stereocenters. The van der Waals surface area contributed by atoms with Crippen LogP contribution >= 0.6 is 23.2 Å². The number of benzene rings is 1. The smallest absolute Gasteiger partial charge is 0.167 e. The van der Waals surface area contributed by atoms with Gasteiger partial charge in [0, 0.05) is 10.6 Å². The molecule has 1 heterocycles. The van der Waals surface area contributed by atoms with Crippen molar-refractivity contribution in [1.82, 2.24) is 10.2 Å². The van der Waals surface area contributed by atoms with Gasteiger partial charge in [0.1, 0.15) is 0 Å². The van der Waals surface area contributed by atoms with Gasteiger partial charge in [-0.1, -0.05) is 23.2 Å². The number of carbonyl (C=O) groups is 1. The van der Waals surface area contributed by atoms with Crippen LogP contribution in [-0.4, -0.2) is 16.5 Å². The maximum Gasteiger partial charge on any atom is 0.167 e. The van der Waals surface area contributed by atoms with Gasteiger partial charge in [-0.2, -0.15) is 5.10 Å². The van der Waals surface area contributed by atoms with Crippen LogP contribution in [-0.2, 0) is 0 Å². The lowest BCUT2D eigenvalue weighted by molar-refractivity contribution is 0.111. The normalized spacial score (nSPS) is 10.3. The minimum atomic E-state index is 0.404. The summed E-state index contributed by atoms with van der Waals surface area (Å²) < 4.78 is 0. The van der Waals surface area contributed by atoms with E-state index in [1.165, 1.54) is 0 Å². The molecule has 1 aromatic heterocycles. The molecule has 5 heteroatoms. The second kappa shape index (κ2) is 4.04. The molecule has 0 aliphatic carbocycles. The largest absolute Gasteiger partial charge is 0.296 e. The van der Waals surface area contributed by atoms with E-state index in [1.807, 2.05) is 0 Å². The number of hydrogen-bond acceptors (Lipinski definition) is 2. The van der Waals surface area contributed by atoms with Crippen LogP contribution in [0.5, 0.6) is 0 Å². The number of H-pyrrole nitrogens is 1. The van der Waals surface area contributed by atoms with Crippen LogP contribution in [0.3, 0.4) is 0 Å². The Morgan fingerprint density at radius 3 is 2.73 bits per heavy atom. The molecule has 0 unspecified atom stereocenters. The fraction of sp³-hybridized carbons (Fsp3) is 0. The van der Waals surface area contributed by atoms with Crippen molar-refractivity contribution < 1.29 is 4.79 Å². The highest BCUT2D eigenvalue weighted by Gasteiger charge is 2.08. The number of nitrogens with zero attached hydrogens (tertiary/aromatic N) is 1. The molecule has 2 aromatic rings. The molecule has 0 saturated carbocycles. The summed E-state index contributed by atoms with van der Waals surface area (Å²) in [4.78, 5) is 10.5. The zero-order valence-corrected chi connectivity index (χ0v) is 9.01.